The van der Waals surface area contributed by atoms with Crippen LogP contribution in [0.2, 0.25) is 0 Å². The van der Waals surface area contributed by atoms with Gasteiger partial charge in [-0.25, -0.2) is 0 Å². The Bertz CT molecular complexity index is 170. The second kappa shape index (κ2) is 7.29. The van der Waals surface area contributed by atoms with E-state index in [1.807, 2.05) is 0 Å². The van der Waals surface area contributed by atoms with Gasteiger partial charge in [0.25, 0.3) is 0 Å². The first kappa shape index (κ1) is 15.9. The van der Waals surface area contributed by atoms with Crippen molar-refractivity contribution >= 4 is 0 Å². The number of rotatable bonds is 8. The third-order valence-electron chi connectivity index (χ3n) is 4.55. The lowest BCUT2D eigenvalue weighted by atomic mass is 9.78. The van der Waals surface area contributed by atoms with Crippen LogP contribution in [0, 0.1) is 5.92 Å². The van der Waals surface area contributed by atoms with Crippen LogP contribution in [0.5, 0.6) is 0 Å². The van der Waals surface area contributed by atoms with E-state index in [2.05, 4.69) is 46.7 Å². The molecule has 0 spiro atoms. The number of hydrogen-bond acceptors (Lipinski definition) is 2. The molecule has 98 valence electrons. The van der Waals surface area contributed by atoms with Crippen molar-refractivity contribution in [1.82, 2.24) is 4.90 Å². The molecule has 2 nitrogen and oxygen atoms in total. The smallest absolute Gasteiger partial charge is 0.0349 e. The molecule has 0 fully saturated rings. The summed E-state index contributed by atoms with van der Waals surface area (Å²) in [5.74, 6) is 0.785. The van der Waals surface area contributed by atoms with Gasteiger partial charge in [-0.1, -0.05) is 40.5 Å². The van der Waals surface area contributed by atoms with Crippen molar-refractivity contribution in [2.45, 2.75) is 71.4 Å². The predicted molar refractivity (Wildman–Crippen MR) is 73.7 cm³/mol. The van der Waals surface area contributed by atoms with E-state index < -0.39 is 0 Å². The molecule has 0 aromatic rings. The van der Waals surface area contributed by atoms with Crippen LogP contribution in [0.25, 0.3) is 0 Å². The van der Waals surface area contributed by atoms with Crippen LogP contribution >= 0.6 is 0 Å². The molecule has 0 aliphatic rings. The lowest BCUT2D eigenvalue weighted by Crippen LogP contribution is -2.57. The summed E-state index contributed by atoms with van der Waals surface area (Å²) in [6.45, 7) is 9.07. The summed E-state index contributed by atoms with van der Waals surface area (Å²) < 4.78 is 0. The molecule has 0 aromatic heterocycles. The molecule has 0 radical (unpaired) electrons. The van der Waals surface area contributed by atoms with Crippen LogP contribution in [-0.4, -0.2) is 30.6 Å². The van der Waals surface area contributed by atoms with Crippen LogP contribution in [0.4, 0.5) is 0 Å². The van der Waals surface area contributed by atoms with Gasteiger partial charge < -0.3 is 10.6 Å². The van der Waals surface area contributed by atoms with Crippen LogP contribution in [0.3, 0.4) is 0 Å². The minimum absolute atomic E-state index is 0.183. The van der Waals surface area contributed by atoms with Gasteiger partial charge >= 0.3 is 0 Å². The Morgan fingerprint density at radius 3 is 1.69 bits per heavy atom. The third-order valence-corrected chi connectivity index (χ3v) is 4.55. The fraction of sp³-hybridized carbons (Fsp3) is 1.00. The van der Waals surface area contributed by atoms with Gasteiger partial charge in [0.05, 0.1) is 0 Å². The summed E-state index contributed by atoms with van der Waals surface area (Å²) in [5, 5.41) is 0. The fourth-order valence-electron chi connectivity index (χ4n) is 2.94. The average molecular weight is 228 g/mol. The molecule has 16 heavy (non-hydrogen) atoms. The monoisotopic (exact) mass is 228 g/mol. The van der Waals surface area contributed by atoms with E-state index in [0.717, 1.165) is 25.2 Å². The van der Waals surface area contributed by atoms with Crippen molar-refractivity contribution in [3.63, 3.8) is 0 Å². The molecular formula is C14H32N2. The van der Waals surface area contributed by atoms with Crippen molar-refractivity contribution in [3.8, 4) is 0 Å². The normalized spacial score (nSPS) is 14.8. The highest BCUT2D eigenvalue weighted by molar-refractivity contribution is 4.95. The van der Waals surface area contributed by atoms with Crippen LogP contribution in [-0.2, 0) is 0 Å². The summed E-state index contributed by atoms with van der Waals surface area (Å²) >= 11 is 0. The first-order valence-electron chi connectivity index (χ1n) is 6.91. The van der Waals surface area contributed by atoms with Crippen molar-refractivity contribution in [1.29, 1.82) is 0 Å². The van der Waals surface area contributed by atoms with Crippen molar-refractivity contribution < 1.29 is 0 Å². The van der Waals surface area contributed by atoms with Gasteiger partial charge in [0.2, 0.25) is 0 Å². The molecule has 0 saturated heterocycles. The number of hydrogen-bond donors (Lipinski definition) is 1. The molecular weight excluding hydrogens is 196 g/mol. The first-order chi connectivity index (χ1) is 7.48. The van der Waals surface area contributed by atoms with Gasteiger partial charge in [0, 0.05) is 11.6 Å². The van der Waals surface area contributed by atoms with E-state index >= 15 is 0 Å². The molecule has 0 heterocycles. The van der Waals surface area contributed by atoms with E-state index in [4.69, 9.17) is 5.73 Å². The average Bonchev–Trinajstić information content (AvgIpc) is 2.27. The van der Waals surface area contributed by atoms with Crippen molar-refractivity contribution in [2.75, 3.05) is 14.1 Å². The van der Waals surface area contributed by atoms with E-state index in [9.17, 15) is 0 Å². The molecule has 0 aliphatic heterocycles. The zero-order valence-corrected chi connectivity index (χ0v) is 12.2. The predicted octanol–water partition coefficient (Wildman–Crippen LogP) is 3.26. The van der Waals surface area contributed by atoms with E-state index in [1.54, 1.807) is 0 Å². The first-order valence-corrected chi connectivity index (χ1v) is 6.91. The molecule has 0 aromatic carbocycles. The van der Waals surface area contributed by atoms with Gasteiger partial charge in [0.15, 0.2) is 0 Å². The standard InChI is InChI=1S/C14H32N2/c1-7-12(8-2)11-13(15)14(9-3,10-4)16(5)6/h12-13H,7-11,15H2,1-6H3. The summed E-state index contributed by atoms with van der Waals surface area (Å²) in [7, 11) is 4.33. The minimum Gasteiger partial charge on any atom is -0.326 e. The number of likely N-dealkylation sites (N-methyl/N-ethyl adjacent to an activating group) is 1. The van der Waals surface area contributed by atoms with Gasteiger partial charge in [-0.15, -0.1) is 0 Å². The van der Waals surface area contributed by atoms with Crippen molar-refractivity contribution in [3.05, 3.63) is 0 Å². The van der Waals surface area contributed by atoms with Crippen molar-refractivity contribution in [2.24, 2.45) is 11.7 Å². The highest BCUT2D eigenvalue weighted by atomic mass is 15.2. The molecule has 0 amide bonds. The van der Waals surface area contributed by atoms with E-state index in [-0.39, 0.29) is 5.54 Å². The second-order valence-corrected chi connectivity index (χ2v) is 5.23. The molecule has 0 saturated carbocycles. The molecule has 0 rings (SSSR count). The number of nitrogens with zero attached hydrogens (tertiary/aromatic N) is 1. The molecule has 0 bridgehead atoms. The van der Waals surface area contributed by atoms with Crippen LogP contribution < -0.4 is 5.73 Å². The molecule has 0 aliphatic carbocycles. The third kappa shape index (κ3) is 3.46. The molecule has 2 heteroatoms. The maximum atomic E-state index is 6.49. The van der Waals surface area contributed by atoms with E-state index in [1.165, 1.54) is 12.8 Å². The lowest BCUT2D eigenvalue weighted by Gasteiger charge is -2.44. The molecule has 1 unspecified atom stereocenters. The summed E-state index contributed by atoms with van der Waals surface area (Å²) in [6, 6.07) is 0.294. The maximum absolute atomic E-state index is 6.49. The Labute approximate surface area is 103 Å². The Morgan fingerprint density at radius 2 is 1.44 bits per heavy atom. The Balaban J connectivity index is 4.67. The van der Waals surface area contributed by atoms with E-state index in [0.29, 0.717) is 6.04 Å². The second-order valence-electron chi connectivity index (χ2n) is 5.23. The summed E-state index contributed by atoms with van der Waals surface area (Å²) in [6.07, 6.45) is 5.94. The van der Waals surface area contributed by atoms with Gasteiger partial charge in [0.1, 0.15) is 0 Å². The fourth-order valence-corrected chi connectivity index (χ4v) is 2.94. The molecule has 1 atom stereocenters. The number of nitrogens with two attached hydrogens (primary N) is 1. The Morgan fingerprint density at radius 1 is 1.00 bits per heavy atom. The topological polar surface area (TPSA) is 29.3 Å². The molecule has 2 N–H and O–H groups in total. The van der Waals surface area contributed by atoms with Crippen LogP contribution in [0.15, 0.2) is 0 Å². The zero-order valence-electron chi connectivity index (χ0n) is 12.2. The SMILES string of the molecule is CCC(CC)CC(N)C(CC)(CC)N(C)C. The largest absolute Gasteiger partial charge is 0.326 e. The highest BCUT2D eigenvalue weighted by Crippen LogP contribution is 2.29. The van der Waals surface area contributed by atoms with Gasteiger partial charge in [-0.3, -0.25) is 0 Å². The van der Waals surface area contributed by atoms with Gasteiger partial charge in [-0.2, -0.15) is 0 Å². The summed E-state index contributed by atoms with van der Waals surface area (Å²) in [5.41, 5.74) is 6.67. The summed E-state index contributed by atoms with van der Waals surface area (Å²) in [4.78, 5) is 2.33. The van der Waals surface area contributed by atoms with Gasteiger partial charge in [-0.05, 0) is 39.3 Å². The Hall–Kier alpha value is -0.0800. The van der Waals surface area contributed by atoms with Crippen LogP contribution in [0.1, 0.15) is 59.8 Å². The lowest BCUT2D eigenvalue weighted by molar-refractivity contribution is 0.0929. The maximum Gasteiger partial charge on any atom is 0.0349 e. The Kier molecular flexibility index (Phi) is 7.25. The minimum atomic E-state index is 0.183. The highest BCUT2D eigenvalue weighted by Gasteiger charge is 2.36. The zero-order chi connectivity index (χ0) is 12.8. The quantitative estimate of drug-likeness (QED) is 0.691.